The van der Waals surface area contributed by atoms with E-state index in [4.69, 9.17) is 0 Å². The molecule has 0 spiro atoms. The Bertz CT molecular complexity index is 887. The summed E-state index contributed by atoms with van der Waals surface area (Å²) in [5.41, 5.74) is 2.17. The molecule has 4 aromatic rings. The maximum atomic E-state index is 4.59. The number of aromatic nitrogens is 2. The molecule has 3 aromatic carbocycles. The molecule has 2 heteroatoms. The highest BCUT2D eigenvalue weighted by atomic mass is 14.9. The molecule has 0 bridgehead atoms. The van der Waals surface area contributed by atoms with Gasteiger partial charge in [-0.3, -0.25) is 0 Å². The van der Waals surface area contributed by atoms with Crippen LogP contribution in [0.2, 0.25) is 0 Å². The zero-order chi connectivity index (χ0) is 12.1. The van der Waals surface area contributed by atoms with Crippen LogP contribution in [0.25, 0.3) is 32.6 Å². The molecule has 0 aliphatic heterocycles. The van der Waals surface area contributed by atoms with Crippen LogP contribution >= 0.6 is 0 Å². The molecule has 1 N–H and O–H groups in total. The standard InChI is InChI=1S/C16H12N2/c1-10-17-15-7-6-13-8-11-4-2-3-5-12(11)9-14(13)16(15)18-10/h2-9H,1H3,(H,17,18). The number of fused-ring (bicyclic) bond motifs is 4. The minimum Gasteiger partial charge on any atom is -0.342 e. The fourth-order valence-corrected chi connectivity index (χ4v) is 2.61. The first-order chi connectivity index (χ1) is 8.81. The van der Waals surface area contributed by atoms with Gasteiger partial charge < -0.3 is 4.98 Å². The van der Waals surface area contributed by atoms with Crippen molar-refractivity contribution in [3.05, 3.63) is 54.4 Å². The maximum Gasteiger partial charge on any atom is 0.104 e. The highest BCUT2D eigenvalue weighted by Gasteiger charge is 2.05. The highest BCUT2D eigenvalue weighted by molar-refractivity contribution is 6.09. The van der Waals surface area contributed by atoms with Gasteiger partial charge in [0.2, 0.25) is 0 Å². The summed E-state index contributed by atoms with van der Waals surface area (Å²) < 4.78 is 0. The normalized spacial score (nSPS) is 11.6. The lowest BCUT2D eigenvalue weighted by Gasteiger charge is -2.02. The zero-order valence-electron chi connectivity index (χ0n) is 10.1. The fraction of sp³-hybridized carbons (Fsp3) is 0.0625. The van der Waals surface area contributed by atoms with Crippen LogP contribution in [0.5, 0.6) is 0 Å². The van der Waals surface area contributed by atoms with Crippen LogP contribution in [-0.4, -0.2) is 9.97 Å². The molecule has 0 amide bonds. The molecular weight excluding hydrogens is 220 g/mol. The summed E-state index contributed by atoms with van der Waals surface area (Å²) in [6, 6.07) is 17.2. The van der Waals surface area contributed by atoms with Crippen molar-refractivity contribution in [2.24, 2.45) is 0 Å². The van der Waals surface area contributed by atoms with Crippen LogP contribution < -0.4 is 0 Å². The van der Waals surface area contributed by atoms with E-state index < -0.39 is 0 Å². The Morgan fingerprint density at radius 3 is 2.50 bits per heavy atom. The van der Waals surface area contributed by atoms with Gasteiger partial charge in [-0.05, 0) is 41.3 Å². The molecule has 0 saturated heterocycles. The van der Waals surface area contributed by atoms with Crippen molar-refractivity contribution in [2.75, 3.05) is 0 Å². The largest absolute Gasteiger partial charge is 0.342 e. The first-order valence-corrected chi connectivity index (χ1v) is 6.09. The average Bonchev–Trinajstić information content (AvgIpc) is 2.77. The molecule has 0 saturated carbocycles. The molecule has 1 heterocycles. The third-order valence-corrected chi connectivity index (χ3v) is 3.45. The molecule has 0 radical (unpaired) electrons. The van der Waals surface area contributed by atoms with Crippen LogP contribution in [0, 0.1) is 6.92 Å². The van der Waals surface area contributed by atoms with Crippen molar-refractivity contribution in [1.29, 1.82) is 0 Å². The van der Waals surface area contributed by atoms with Crippen molar-refractivity contribution in [1.82, 2.24) is 9.97 Å². The minimum absolute atomic E-state index is 0.964. The molecule has 1 aromatic heterocycles. The molecule has 0 atom stereocenters. The lowest BCUT2D eigenvalue weighted by Crippen LogP contribution is -1.78. The molecule has 4 rings (SSSR count). The van der Waals surface area contributed by atoms with Gasteiger partial charge in [-0.15, -0.1) is 0 Å². The predicted molar refractivity (Wildman–Crippen MR) is 75.8 cm³/mol. The van der Waals surface area contributed by atoms with Crippen LogP contribution in [0.1, 0.15) is 5.82 Å². The second kappa shape index (κ2) is 3.33. The quantitative estimate of drug-likeness (QED) is 0.453. The zero-order valence-corrected chi connectivity index (χ0v) is 10.1. The molecule has 2 nitrogen and oxygen atoms in total. The van der Waals surface area contributed by atoms with Gasteiger partial charge in [0.1, 0.15) is 5.82 Å². The average molecular weight is 232 g/mol. The fourth-order valence-electron chi connectivity index (χ4n) is 2.61. The maximum absolute atomic E-state index is 4.59. The first kappa shape index (κ1) is 9.66. The summed E-state index contributed by atoms with van der Waals surface area (Å²) in [4.78, 5) is 7.88. The van der Waals surface area contributed by atoms with Gasteiger partial charge in [-0.25, -0.2) is 4.98 Å². The monoisotopic (exact) mass is 232 g/mol. The van der Waals surface area contributed by atoms with Crippen molar-refractivity contribution in [3.63, 3.8) is 0 Å². The number of nitrogens with one attached hydrogen (secondary N) is 1. The Balaban J connectivity index is 2.26. The number of rotatable bonds is 0. The van der Waals surface area contributed by atoms with Crippen LogP contribution in [0.3, 0.4) is 0 Å². The van der Waals surface area contributed by atoms with Gasteiger partial charge in [0.05, 0.1) is 11.0 Å². The van der Waals surface area contributed by atoms with E-state index in [1.165, 1.54) is 21.5 Å². The number of aryl methyl sites for hydroxylation is 1. The molecular formula is C16H12N2. The number of imidazole rings is 1. The third-order valence-electron chi connectivity index (χ3n) is 3.45. The van der Waals surface area contributed by atoms with E-state index in [0.717, 1.165) is 16.9 Å². The Hall–Kier alpha value is -2.35. The lowest BCUT2D eigenvalue weighted by atomic mass is 10.0. The lowest BCUT2D eigenvalue weighted by molar-refractivity contribution is 1.17. The van der Waals surface area contributed by atoms with E-state index in [1.807, 2.05) is 6.92 Å². The molecule has 0 aliphatic carbocycles. The SMILES string of the molecule is Cc1nc2c(ccc3cc4ccccc4cc32)[nH]1. The van der Waals surface area contributed by atoms with E-state index in [2.05, 4.69) is 58.5 Å². The molecule has 0 aliphatic rings. The van der Waals surface area contributed by atoms with E-state index in [9.17, 15) is 0 Å². The Morgan fingerprint density at radius 1 is 0.889 bits per heavy atom. The van der Waals surface area contributed by atoms with Gasteiger partial charge in [0, 0.05) is 5.39 Å². The Morgan fingerprint density at radius 2 is 1.67 bits per heavy atom. The molecule has 86 valence electrons. The summed E-state index contributed by atoms with van der Waals surface area (Å²) >= 11 is 0. The van der Waals surface area contributed by atoms with E-state index in [-0.39, 0.29) is 0 Å². The number of H-pyrrole nitrogens is 1. The second-order valence-corrected chi connectivity index (χ2v) is 4.70. The summed E-state index contributed by atoms with van der Waals surface area (Å²) in [6.45, 7) is 1.99. The van der Waals surface area contributed by atoms with Crippen LogP contribution in [0.15, 0.2) is 48.5 Å². The van der Waals surface area contributed by atoms with Crippen molar-refractivity contribution >= 4 is 32.6 Å². The van der Waals surface area contributed by atoms with Gasteiger partial charge >= 0.3 is 0 Å². The van der Waals surface area contributed by atoms with E-state index in [0.29, 0.717) is 0 Å². The van der Waals surface area contributed by atoms with E-state index >= 15 is 0 Å². The number of aromatic amines is 1. The van der Waals surface area contributed by atoms with Gasteiger partial charge in [0.15, 0.2) is 0 Å². The van der Waals surface area contributed by atoms with Crippen LogP contribution in [0.4, 0.5) is 0 Å². The van der Waals surface area contributed by atoms with Crippen molar-refractivity contribution < 1.29 is 0 Å². The second-order valence-electron chi connectivity index (χ2n) is 4.70. The summed E-state index contributed by atoms with van der Waals surface area (Å²) in [5.74, 6) is 0.964. The van der Waals surface area contributed by atoms with E-state index in [1.54, 1.807) is 0 Å². The van der Waals surface area contributed by atoms with Crippen LogP contribution in [-0.2, 0) is 0 Å². The number of nitrogens with zero attached hydrogens (tertiary/aromatic N) is 1. The van der Waals surface area contributed by atoms with Gasteiger partial charge in [-0.2, -0.15) is 0 Å². The molecule has 0 fully saturated rings. The highest BCUT2D eigenvalue weighted by Crippen LogP contribution is 2.28. The summed E-state index contributed by atoms with van der Waals surface area (Å²) in [6.07, 6.45) is 0. The number of hydrogen-bond donors (Lipinski definition) is 1. The minimum atomic E-state index is 0.964. The Labute approximate surface area is 104 Å². The van der Waals surface area contributed by atoms with Crippen molar-refractivity contribution in [2.45, 2.75) is 6.92 Å². The topological polar surface area (TPSA) is 28.7 Å². The smallest absolute Gasteiger partial charge is 0.104 e. The summed E-state index contributed by atoms with van der Waals surface area (Å²) in [7, 11) is 0. The number of hydrogen-bond acceptors (Lipinski definition) is 1. The Kier molecular flexibility index (Phi) is 1.78. The van der Waals surface area contributed by atoms with Gasteiger partial charge in [0.25, 0.3) is 0 Å². The first-order valence-electron chi connectivity index (χ1n) is 6.09. The molecule has 0 unspecified atom stereocenters. The number of benzene rings is 3. The molecule has 18 heavy (non-hydrogen) atoms. The third kappa shape index (κ3) is 1.26. The van der Waals surface area contributed by atoms with Gasteiger partial charge in [-0.1, -0.05) is 30.3 Å². The predicted octanol–water partition coefficient (Wildman–Crippen LogP) is 4.18. The summed E-state index contributed by atoms with van der Waals surface area (Å²) in [5, 5.41) is 5.00. The van der Waals surface area contributed by atoms with Crippen molar-refractivity contribution in [3.8, 4) is 0 Å².